The Labute approximate surface area is 260 Å². The number of hydrogen-bond acceptors (Lipinski definition) is 3. The second-order valence-electron chi connectivity index (χ2n) is 11.4. The van der Waals surface area contributed by atoms with E-state index in [4.69, 9.17) is 9.97 Å². The van der Waals surface area contributed by atoms with Gasteiger partial charge < -0.3 is 4.90 Å². The summed E-state index contributed by atoms with van der Waals surface area (Å²) in [5.74, 6) is 0.720. The monoisotopic (exact) mass is 569 g/mol. The SMILES string of the molecule is C=C1CCCCCN(c2ccc(-c3cccc(-c4nc(-c5ccccc5)cc(-c5ccccc5)n4)c3)cc2)c2ccccc21. The van der Waals surface area contributed by atoms with E-state index < -0.39 is 0 Å². The van der Waals surface area contributed by atoms with Crippen molar-refractivity contribution in [2.75, 3.05) is 11.4 Å². The predicted octanol–water partition coefficient (Wildman–Crippen LogP) is 10.9. The predicted molar refractivity (Wildman–Crippen MR) is 185 cm³/mol. The van der Waals surface area contributed by atoms with Crippen molar-refractivity contribution in [3.05, 3.63) is 152 Å². The molecule has 0 atom stereocenters. The Balaban J connectivity index is 1.24. The van der Waals surface area contributed by atoms with Gasteiger partial charge in [-0.05, 0) is 66.3 Å². The van der Waals surface area contributed by atoms with Crippen LogP contribution in [0.5, 0.6) is 0 Å². The second kappa shape index (κ2) is 12.5. The van der Waals surface area contributed by atoms with E-state index >= 15 is 0 Å². The maximum atomic E-state index is 5.04. The van der Waals surface area contributed by atoms with Crippen molar-refractivity contribution in [1.29, 1.82) is 0 Å². The van der Waals surface area contributed by atoms with Gasteiger partial charge in [0.25, 0.3) is 0 Å². The van der Waals surface area contributed by atoms with E-state index in [1.165, 1.54) is 47.3 Å². The quantitative estimate of drug-likeness (QED) is 0.207. The Morgan fingerprint density at radius 1 is 0.500 bits per heavy atom. The first-order valence-corrected chi connectivity index (χ1v) is 15.5. The number of nitrogens with zero attached hydrogens (tertiary/aromatic N) is 3. The second-order valence-corrected chi connectivity index (χ2v) is 11.4. The van der Waals surface area contributed by atoms with E-state index in [9.17, 15) is 0 Å². The minimum atomic E-state index is 0.720. The molecule has 1 aromatic heterocycles. The number of hydrogen-bond donors (Lipinski definition) is 0. The van der Waals surface area contributed by atoms with Crippen LogP contribution in [0.2, 0.25) is 0 Å². The number of fused-ring (bicyclic) bond motifs is 1. The summed E-state index contributed by atoms with van der Waals surface area (Å²) in [5.41, 5.74) is 12.2. The molecule has 5 aromatic carbocycles. The van der Waals surface area contributed by atoms with E-state index in [1.54, 1.807) is 0 Å². The fourth-order valence-corrected chi connectivity index (χ4v) is 6.08. The Bertz CT molecular complexity index is 1840. The van der Waals surface area contributed by atoms with Crippen molar-refractivity contribution < 1.29 is 0 Å². The highest BCUT2D eigenvalue weighted by Gasteiger charge is 2.17. The van der Waals surface area contributed by atoms with Gasteiger partial charge in [0.05, 0.1) is 11.4 Å². The summed E-state index contributed by atoms with van der Waals surface area (Å²) < 4.78 is 0. The van der Waals surface area contributed by atoms with E-state index in [0.717, 1.165) is 52.4 Å². The highest BCUT2D eigenvalue weighted by atomic mass is 15.1. The minimum Gasteiger partial charge on any atom is -0.341 e. The first-order chi connectivity index (χ1) is 21.7. The lowest BCUT2D eigenvalue weighted by Gasteiger charge is -2.27. The molecule has 0 spiro atoms. The zero-order valence-electron chi connectivity index (χ0n) is 24.9. The van der Waals surface area contributed by atoms with Crippen LogP contribution in [0.15, 0.2) is 146 Å². The topological polar surface area (TPSA) is 29.0 Å². The van der Waals surface area contributed by atoms with Gasteiger partial charge >= 0.3 is 0 Å². The Hall–Kier alpha value is -5.28. The molecule has 0 fully saturated rings. The van der Waals surface area contributed by atoms with Gasteiger partial charge in [-0.25, -0.2) is 9.97 Å². The van der Waals surface area contributed by atoms with Crippen LogP contribution < -0.4 is 4.90 Å². The van der Waals surface area contributed by atoms with Crippen LogP contribution in [0.4, 0.5) is 11.4 Å². The highest BCUT2D eigenvalue weighted by molar-refractivity contribution is 5.81. The van der Waals surface area contributed by atoms with Gasteiger partial charge in [-0.2, -0.15) is 0 Å². The van der Waals surface area contributed by atoms with Crippen molar-refractivity contribution in [1.82, 2.24) is 9.97 Å². The van der Waals surface area contributed by atoms with Crippen molar-refractivity contribution in [3.8, 4) is 45.0 Å². The zero-order chi connectivity index (χ0) is 29.7. The lowest BCUT2D eigenvalue weighted by atomic mass is 9.99. The molecule has 0 radical (unpaired) electrons. The lowest BCUT2D eigenvalue weighted by Crippen LogP contribution is -2.19. The number of rotatable bonds is 5. The average Bonchev–Trinajstić information content (AvgIpc) is 3.18. The van der Waals surface area contributed by atoms with Gasteiger partial charge in [-0.1, -0.05) is 122 Å². The molecule has 0 saturated carbocycles. The van der Waals surface area contributed by atoms with Gasteiger partial charge in [-0.15, -0.1) is 0 Å². The van der Waals surface area contributed by atoms with E-state index in [0.29, 0.717) is 0 Å². The summed E-state index contributed by atoms with van der Waals surface area (Å²) in [6.45, 7) is 5.42. The molecule has 2 heterocycles. The molecule has 0 N–H and O–H groups in total. The Morgan fingerprint density at radius 2 is 1.11 bits per heavy atom. The summed E-state index contributed by atoms with van der Waals surface area (Å²) >= 11 is 0. The van der Waals surface area contributed by atoms with E-state index in [2.05, 4.69) is 115 Å². The summed E-state index contributed by atoms with van der Waals surface area (Å²) in [4.78, 5) is 12.5. The van der Waals surface area contributed by atoms with Gasteiger partial charge in [0.2, 0.25) is 0 Å². The average molecular weight is 570 g/mol. The fourth-order valence-electron chi connectivity index (χ4n) is 6.08. The number of benzene rings is 5. The normalized spacial score (nSPS) is 13.5. The molecule has 6 aromatic rings. The van der Waals surface area contributed by atoms with Crippen molar-refractivity contribution in [2.45, 2.75) is 25.7 Å². The number of para-hydroxylation sites is 1. The molecule has 0 aliphatic carbocycles. The van der Waals surface area contributed by atoms with Gasteiger partial charge in [-0.3, -0.25) is 0 Å². The molecule has 0 saturated heterocycles. The van der Waals surface area contributed by atoms with Gasteiger partial charge in [0.15, 0.2) is 5.82 Å². The number of aromatic nitrogens is 2. The summed E-state index contributed by atoms with van der Waals surface area (Å²) in [5, 5.41) is 0. The van der Waals surface area contributed by atoms with Crippen LogP contribution >= 0.6 is 0 Å². The van der Waals surface area contributed by atoms with Crippen LogP contribution in [0.3, 0.4) is 0 Å². The molecule has 1 aliphatic heterocycles. The molecule has 0 amide bonds. The third-order valence-electron chi connectivity index (χ3n) is 8.43. The maximum Gasteiger partial charge on any atom is 0.160 e. The molecule has 1 aliphatic rings. The third-order valence-corrected chi connectivity index (χ3v) is 8.43. The molecular weight excluding hydrogens is 534 g/mol. The third kappa shape index (κ3) is 5.82. The standard InChI is InChI=1S/C41H35N3/c1-30-14-5-4-12-27-44(40-22-11-10-21-37(30)40)36-25-23-31(24-26-36)34-19-13-20-35(28-34)41-42-38(32-15-6-2-7-16-32)29-39(43-41)33-17-8-3-9-18-33/h2-3,6-11,13,15-26,28-29H,1,4-5,12,14,27H2. The van der Waals surface area contributed by atoms with Crippen LogP contribution in [-0.4, -0.2) is 16.5 Å². The molecule has 3 nitrogen and oxygen atoms in total. The van der Waals surface area contributed by atoms with Crippen LogP contribution in [0, 0.1) is 0 Å². The largest absolute Gasteiger partial charge is 0.341 e. The maximum absolute atomic E-state index is 5.04. The van der Waals surface area contributed by atoms with Gasteiger partial charge in [0.1, 0.15) is 0 Å². The van der Waals surface area contributed by atoms with E-state index in [1.807, 2.05) is 36.4 Å². The molecule has 214 valence electrons. The van der Waals surface area contributed by atoms with Crippen molar-refractivity contribution in [3.63, 3.8) is 0 Å². The highest BCUT2D eigenvalue weighted by Crippen LogP contribution is 2.37. The van der Waals surface area contributed by atoms with Crippen LogP contribution in [0.25, 0.3) is 50.6 Å². The van der Waals surface area contributed by atoms with E-state index in [-0.39, 0.29) is 0 Å². The molecule has 0 bridgehead atoms. The Kier molecular flexibility index (Phi) is 7.84. The summed E-state index contributed by atoms with van der Waals surface area (Å²) in [6.07, 6.45) is 4.64. The van der Waals surface area contributed by atoms with Crippen LogP contribution in [0.1, 0.15) is 31.2 Å². The minimum absolute atomic E-state index is 0.720. The molecule has 44 heavy (non-hydrogen) atoms. The summed E-state index contributed by atoms with van der Waals surface area (Å²) in [6, 6.07) is 49.0. The molecule has 3 heteroatoms. The first-order valence-electron chi connectivity index (χ1n) is 15.5. The fraction of sp³-hybridized carbons (Fsp3) is 0.122. The lowest BCUT2D eigenvalue weighted by molar-refractivity contribution is 0.698. The van der Waals surface area contributed by atoms with Gasteiger partial charge in [0, 0.05) is 40.2 Å². The number of allylic oxidation sites excluding steroid dienone is 1. The zero-order valence-corrected chi connectivity index (χ0v) is 24.9. The Morgan fingerprint density at radius 3 is 1.82 bits per heavy atom. The van der Waals surface area contributed by atoms with Crippen molar-refractivity contribution in [2.24, 2.45) is 0 Å². The smallest absolute Gasteiger partial charge is 0.160 e. The van der Waals surface area contributed by atoms with Crippen LogP contribution in [-0.2, 0) is 0 Å². The molecular formula is C41H35N3. The first kappa shape index (κ1) is 27.5. The molecule has 7 rings (SSSR count). The summed E-state index contributed by atoms with van der Waals surface area (Å²) in [7, 11) is 0. The molecule has 0 unspecified atom stereocenters. The number of anilines is 2. The van der Waals surface area contributed by atoms with Crippen molar-refractivity contribution >= 4 is 16.9 Å².